The number of rotatable bonds is 3. The maximum Gasteiger partial charge on any atom is 0.0636 e. The average Bonchev–Trinajstić information content (AvgIpc) is 2.61. The molecule has 0 amide bonds. The average molecular weight is 268 g/mol. The van der Waals surface area contributed by atoms with Gasteiger partial charge in [-0.1, -0.05) is 29.8 Å². The summed E-state index contributed by atoms with van der Waals surface area (Å²) in [6.45, 7) is 0.801. The Morgan fingerprint density at radius 3 is 2.82 bits per heavy atom. The van der Waals surface area contributed by atoms with Gasteiger partial charge in [-0.2, -0.15) is 0 Å². The predicted octanol–water partition coefficient (Wildman–Crippen LogP) is 3.17. The van der Waals surface area contributed by atoms with Crippen LogP contribution in [0.25, 0.3) is 10.1 Å². The highest BCUT2D eigenvalue weighted by Gasteiger charge is 2.26. The summed E-state index contributed by atoms with van der Waals surface area (Å²) in [5, 5.41) is 14.7. The number of nitrogens with one attached hydrogen (secondary N) is 1. The Kier molecular flexibility index (Phi) is 3.09. The van der Waals surface area contributed by atoms with E-state index >= 15 is 0 Å². The molecule has 0 radical (unpaired) electrons. The fourth-order valence-electron chi connectivity index (χ4n) is 2.17. The van der Waals surface area contributed by atoms with Gasteiger partial charge in [-0.3, -0.25) is 0 Å². The second kappa shape index (κ2) is 4.58. The van der Waals surface area contributed by atoms with Crippen molar-refractivity contribution in [1.29, 1.82) is 0 Å². The van der Waals surface area contributed by atoms with E-state index in [1.807, 2.05) is 12.1 Å². The zero-order valence-electron chi connectivity index (χ0n) is 9.32. The molecule has 17 heavy (non-hydrogen) atoms. The third-order valence-electron chi connectivity index (χ3n) is 3.27. The van der Waals surface area contributed by atoms with E-state index < -0.39 is 0 Å². The van der Waals surface area contributed by atoms with Gasteiger partial charge in [0.25, 0.3) is 0 Å². The standard InChI is InChI=1S/C13H14ClNOS/c14-13-10-3-1-2-4-11(10)17-12(13)7-15-8-5-9(16)6-8/h1-4,8-9,15-16H,5-7H2. The largest absolute Gasteiger partial charge is 0.393 e. The Morgan fingerprint density at radius 1 is 1.35 bits per heavy atom. The van der Waals surface area contributed by atoms with Crippen molar-refractivity contribution >= 4 is 33.0 Å². The van der Waals surface area contributed by atoms with Crippen molar-refractivity contribution in [2.75, 3.05) is 0 Å². The molecule has 1 aliphatic carbocycles. The molecular formula is C13H14ClNOS. The molecule has 0 bridgehead atoms. The Bertz CT molecular complexity index is 533. The van der Waals surface area contributed by atoms with E-state index in [-0.39, 0.29) is 6.10 Å². The first-order chi connectivity index (χ1) is 8.24. The summed E-state index contributed by atoms with van der Waals surface area (Å²) in [7, 11) is 0. The van der Waals surface area contributed by atoms with E-state index in [1.54, 1.807) is 11.3 Å². The molecule has 0 unspecified atom stereocenters. The molecule has 4 heteroatoms. The molecule has 90 valence electrons. The lowest BCUT2D eigenvalue weighted by Gasteiger charge is -2.32. The second-order valence-corrected chi connectivity index (χ2v) is 6.05. The van der Waals surface area contributed by atoms with Crippen LogP contribution in [0.5, 0.6) is 0 Å². The molecule has 1 heterocycles. The molecule has 1 aliphatic rings. The highest BCUT2D eigenvalue weighted by atomic mass is 35.5. The summed E-state index contributed by atoms with van der Waals surface area (Å²) >= 11 is 8.10. The molecule has 2 nitrogen and oxygen atoms in total. The Morgan fingerprint density at radius 2 is 2.12 bits per heavy atom. The van der Waals surface area contributed by atoms with Crippen LogP contribution < -0.4 is 5.32 Å². The third-order valence-corrected chi connectivity index (χ3v) is 4.98. The maximum atomic E-state index is 9.22. The van der Waals surface area contributed by atoms with Gasteiger partial charge in [-0.15, -0.1) is 11.3 Å². The summed E-state index contributed by atoms with van der Waals surface area (Å²) in [5.74, 6) is 0. The first kappa shape index (κ1) is 11.5. The molecule has 1 aromatic heterocycles. The fourth-order valence-corrected chi connectivity index (χ4v) is 3.62. The van der Waals surface area contributed by atoms with Gasteiger partial charge in [0.1, 0.15) is 0 Å². The van der Waals surface area contributed by atoms with Crippen LogP contribution in [0, 0.1) is 0 Å². The van der Waals surface area contributed by atoms with E-state index in [1.165, 1.54) is 9.58 Å². The summed E-state index contributed by atoms with van der Waals surface area (Å²) < 4.78 is 1.24. The van der Waals surface area contributed by atoms with Crippen molar-refractivity contribution in [3.8, 4) is 0 Å². The fraction of sp³-hybridized carbons (Fsp3) is 0.385. The zero-order valence-corrected chi connectivity index (χ0v) is 10.9. The number of hydrogen-bond acceptors (Lipinski definition) is 3. The minimum Gasteiger partial charge on any atom is -0.393 e. The van der Waals surface area contributed by atoms with Crippen molar-refractivity contribution in [2.24, 2.45) is 0 Å². The summed E-state index contributed by atoms with van der Waals surface area (Å²) in [4.78, 5) is 1.19. The zero-order chi connectivity index (χ0) is 11.8. The SMILES string of the molecule is OC1CC(NCc2sc3ccccc3c2Cl)C1. The third kappa shape index (κ3) is 2.20. The lowest BCUT2D eigenvalue weighted by atomic mass is 9.89. The van der Waals surface area contributed by atoms with Crippen LogP contribution in [-0.2, 0) is 6.54 Å². The number of benzene rings is 1. The molecule has 2 aromatic rings. The van der Waals surface area contributed by atoms with E-state index in [9.17, 15) is 5.11 Å². The molecule has 1 saturated carbocycles. The monoisotopic (exact) mass is 267 g/mol. The first-order valence-corrected chi connectivity index (χ1v) is 7.01. The summed E-state index contributed by atoms with van der Waals surface area (Å²) in [6.07, 6.45) is 1.62. The van der Waals surface area contributed by atoms with Gasteiger partial charge >= 0.3 is 0 Å². The van der Waals surface area contributed by atoms with E-state index in [4.69, 9.17) is 11.6 Å². The quantitative estimate of drug-likeness (QED) is 0.895. The maximum absolute atomic E-state index is 9.22. The van der Waals surface area contributed by atoms with Gasteiger partial charge in [0.05, 0.1) is 11.1 Å². The smallest absolute Gasteiger partial charge is 0.0636 e. The number of aliphatic hydroxyl groups excluding tert-OH is 1. The van der Waals surface area contributed by atoms with Crippen LogP contribution in [0.4, 0.5) is 0 Å². The van der Waals surface area contributed by atoms with Crippen molar-refractivity contribution in [2.45, 2.75) is 31.5 Å². The second-order valence-electron chi connectivity index (χ2n) is 4.54. The van der Waals surface area contributed by atoms with Crippen LogP contribution in [0.1, 0.15) is 17.7 Å². The lowest BCUT2D eigenvalue weighted by Crippen LogP contribution is -2.43. The molecule has 0 aliphatic heterocycles. The van der Waals surface area contributed by atoms with Crippen LogP contribution >= 0.6 is 22.9 Å². The molecule has 0 spiro atoms. The Balaban J connectivity index is 1.74. The van der Waals surface area contributed by atoms with Gasteiger partial charge in [0.15, 0.2) is 0 Å². The highest BCUT2D eigenvalue weighted by Crippen LogP contribution is 2.35. The van der Waals surface area contributed by atoms with Crippen molar-refractivity contribution in [1.82, 2.24) is 5.32 Å². The van der Waals surface area contributed by atoms with E-state index in [0.717, 1.165) is 29.8 Å². The first-order valence-electron chi connectivity index (χ1n) is 5.81. The van der Waals surface area contributed by atoms with Crippen LogP contribution in [-0.4, -0.2) is 17.3 Å². The van der Waals surface area contributed by atoms with E-state index in [2.05, 4.69) is 17.4 Å². The Labute approximate surface area is 109 Å². The van der Waals surface area contributed by atoms with Gasteiger partial charge in [-0.25, -0.2) is 0 Å². The molecule has 1 fully saturated rings. The summed E-state index contributed by atoms with van der Waals surface area (Å²) in [5.41, 5.74) is 0. The van der Waals surface area contributed by atoms with Gasteiger partial charge < -0.3 is 10.4 Å². The van der Waals surface area contributed by atoms with Crippen molar-refractivity contribution in [3.63, 3.8) is 0 Å². The number of aliphatic hydroxyl groups is 1. The Hall–Kier alpha value is -0.610. The van der Waals surface area contributed by atoms with Gasteiger partial charge in [0.2, 0.25) is 0 Å². The molecule has 3 rings (SSSR count). The highest BCUT2D eigenvalue weighted by molar-refractivity contribution is 7.19. The van der Waals surface area contributed by atoms with Crippen LogP contribution in [0.15, 0.2) is 24.3 Å². The molecule has 1 aromatic carbocycles. The lowest BCUT2D eigenvalue weighted by molar-refractivity contribution is 0.0620. The topological polar surface area (TPSA) is 32.3 Å². The molecule has 0 saturated heterocycles. The number of hydrogen-bond donors (Lipinski definition) is 2. The number of halogens is 1. The minimum atomic E-state index is -0.106. The van der Waals surface area contributed by atoms with Crippen LogP contribution in [0.3, 0.4) is 0 Å². The molecular weight excluding hydrogens is 254 g/mol. The van der Waals surface area contributed by atoms with E-state index in [0.29, 0.717) is 6.04 Å². The van der Waals surface area contributed by atoms with Gasteiger partial charge in [0, 0.05) is 27.5 Å². The summed E-state index contributed by atoms with van der Waals surface area (Å²) in [6, 6.07) is 8.66. The molecule has 2 N–H and O–H groups in total. The number of thiophene rings is 1. The number of fused-ring (bicyclic) bond motifs is 1. The van der Waals surface area contributed by atoms with Crippen molar-refractivity contribution in [3.05, 3.63) is 34.2 Å². The van der Waals surface area contributed by atoms with Crippen LogP contribution in [0.2, 0.25) is 5.02 Å². The minimum absolute atomic E-state index is 0.106. The normalized spacial score (nSPS) is 23.9. The predicted molar refractivity (Wildman–Crippen MR) is 72.7 cm³/mol. The molecule has 0 atom stereocenters. The van der Waals surface area contributed by atoms with Gasteiger partial charge in [-0.05, 0) is 18.9 Å². The van der Waals surface area contributed by atoms with Crippen molar-refractivity contribution < 1.29 is 5.11 Å².